The SMILES string of the molecule is [CH2-]CCCCCCCC.[CH2-]CCCCCCCC.[Fe+2]. The van der Waals surface area contributed by atoms with E-state index in [9.17, 15) is 0 Å². The van der Waals surface area contributed by atoms with E-state index in [1.54, 1.807) is 0 Å². The van der Waals surface area contributed by atoms with Crippen molar-refractivity contribution in [1.82, 2.24) is 0 Å². The third kappa shape index (κ3) is 32.2. The second-order valence-electron chi connectivity index (χ2n) is 5.24. The van der Waals surface area contributed by atoms with E-state index in [1.807, 2.05) is 0 Å². The molecule has 0 saturated carbocycles. The Morgan fingerprint density at radius 2 is 0.737 bits per heavy atom. The summed E-state index contributed by atoms with van der Waals surface area (Å²) in [6.45, 7) is 12.1. The molecule has 1 heteroatoms. The molecular formula is C18H38Fe. The molecule has 0 atom stereocenters. The molecular weight excluding hydrogens is 272 g/mol. The summed E-state index contributed by atoms with van der Waals surface area (Å²) in [5.74, 6) is 0. The van der Waals surface area contributed by atoms with E-state index in [4.69, 9.17) is 0 Å². The summed E-state index contributed by atoms with van der Waals surface area (Å²) in [5.41, 5.74) is 0. The molecule has 0 spiro atoms. The summed E-state index contributed by atoms with van der Waals surface area (Å²) in [5, 5.41) is 0. The van der Waals surface area contributed by atoms with Crippen LogP contribution >= 0.6 is 0 Å². The van der Waals surface area contributed by atoms with Crippen LogP contribution in [0.15, 0.2) is 0 Å². The van der Waals surface area contributed by atoms with Crippen molar-refractivity contribution >= 4 is 0 Å². The van der Waals surface area contributed by atoms with Crippen molar-refractivity contribution in [3.63, 3.8) is 0 Å². The molecule has 0 amide bonds. The van der Waals surface area contributed by atoms with E-state index in [0.29, 0.717) is 0 Å². The molecule has 0 nitrogen and oxygen atoms in total. The Morgan fingerprint density at radius 3 is 1.00 bits per heavy atom. The molecule has 0 heterocycles. The largest absolute Gasteiger partial charge is 2.00 e. The van der Waals surface area contributed by atoms with Gasteiger partial charge in [0.15, 0.2) is 0 Å². The van der Waals surface area contributed by atoms with E-state index < -0.39 is 0 Å². The maximum Gasteiger partial charge on any atom is 2.00 e. The van der Waals surface area contributed by atoms with Gasteiger partial charge in [-0.05, 0) is 0 Å². The number of hydrogen-bond donors (Lipinski definition) is 0. The Balaban J connectivity index is -0.000000256. The molecule has 19 heavy (non-hydrogen) atoms. The zero-order valence-electron chi connectivity index (χ0n) is 13.7. The third-order valence-corrected chi connectivity index (χ3v) is 3.21. The Morgan fingerprint density at radius 1 is 0.474 bits per heavy atom. The van der Waals surface area contributed by atoms with Crippen LogP contribution in [0, 0.1) is 13.8 Å². The molecule has 0 saturated heterocycles. The van der Waals surface area contributed by atoms with Gasteiger partial charge in [-0.15, -0.1) is 0 Å². The van der Waals surface area contributed by atoms with Crippen molar-refractivity contribution in [2.24, 2.45) is 0 Å². The monoisotopic (exact) mass is 310 g/mol. The van der Waals surface area contributed by atoms with Crippen LogP contribution in [-0.2, 0) is 17.1 Å². The fraction of sp³-hybridized carbons (Fsp3) is 0.889. The average Bonchev–Trinajstić information content (AvgIpc) is 2.39. The first-order valence-electron chi connectivity index (χ1n) is 8.41. The van der Waals surface area contributed by atoms with E-state index in [0.717, 1.165) is 12.8 Å². The van der Waals surface area contributed by atoms with Crippen molar-refractivity contribution in [2.45, 2.75) is 104 Å². The Hall–Kier alpha value is 0.519. The first-order valence-corrected chi connectivity index (χ1v) is 8.41. The zero-order chi connectivity index (χ0) is 13.9. The summed E-state index contributed by atoms with van der Waals surface area (Å²) in [4.78, 5) is 0. The van der Waals surface area contributed by atoms with Gasteiger partial charge in [-0.1, -0.05) is 90.9 Å². The summed E-state index contributed by atoms with van der Waals surface area (Å²) < 4.78 is 0. The third-order valence-electron chi connectivity index (χ3n) is 3.21. The van der Waals surface area contributed by atoms with Gasteiger partial charge in [-0.25, -0.2) is 0 Å². The van der Waals surface area contributed by atoms with Crippen LogP contribution in [0.1, 0.15) is 104 Å². The first kappa shape index (κ1) is 24.5. The Kier molecular flexibility index (Phi) is 34.8. The van der Waals surface area contributed by atoms with Gasteiger partial charge in [0.2, 0.25) is 0 Å². The zero-order valence-corrected chi connectivity index (χ0v) is 14.8. The quantitative estimate of drug-likeness (QED) is 0.204. The Labute approximate surface area is 135 Å². The molecule has 0 aromatic carbocycles. The molecule has 0 N–H and O–H groups in total. The number of unbranched alkanes of at least 4 members (excludes halogenated alkanes) is 12. The molecule has 0 fully saturated rings. The Bertz CT molecular complexity index is 86.3. The van der Waals surface area contributed by atoms with Gasteiger partial charge in [-0.3, -0.25) is 0 Å². The molecule has 0 radical (unpaired) electrons. The van der Waals surface area contributed by atoms with Crippen LogP contribution in [0.25, 0.3) is 0 Å². The molecule has 0 aliphatic heterocycles. The van der Waals surface area contributed by atoms with Crippen molar-refractivity contribution in [2.75, 3.05) is 0 Å². The summed E-state index contributed by atoms with van der Waals surface area (Å²) in [6.07, 6.45) is 18.9. The van der Waals surface area contributed by atoms with E-state index in [-0.39, 0.29) is 17.1 Å². The smallest absolute Gasteiger partial charge is 0.343 e. The van der Waals surface area contributed by atoms with E-state index in [2.05, 4.69) is 27.7 Å². The molecule has 0 unspecified atom stereocenters. The van der Waals surface area contributed by atoms with Gasteiger partial charge in [0, 0.05) is 0 Å². The molecule has 0 bridgehead atoms. The van der Waals surface area contributed by atoms with Gasteiger partial charge in [0.25, 0.3) is 0 Å². The number of hydrogen-bond acceptors (Lipinski definition) is 0. The molecule has 0 aliphatic rings. The van der Waals surface area contributed by atoms with E-state index in [1.165, 1.54) is 77.0 Å². The van der Waals surface area contributed by atoms with Gasteiger partial charge in [0.1, 0.15) is 0 Å². The second-order valence-corrected chi connectivity index (χ2v) is 5.24. The van der Waals surface area contributed by atoms with Crippen LogP contribution in [0.3, 0.4) is 0 Å². The summed E-state index contributed by atoms with van der Waals surface area (Å²) >= 11 is 0. The van der Waals surface area contributed by atoms with Crippen LogP contribution in [0.5, 0.6) is 0 Å². The normalized spacial score (nSPS) is 9.47. The summed E-state index contributed by atoms with van der Waals surface area (Å²) in [6, 6.07) is 0. The van der Waals surface area contributed by atoms with Crippen LogP contribution in [0.2, 0.25) is 0 Å². The predicted molar refractivity (Wildman–Crippen MR) is 86.7 cm³/mol. The average molecular weight is 310 g/mol. The minimum Gasteiger partial charge on any atom is -0.343 e. The van der Waals surface area contributed by atoms with Gasteiger partial charge in [0.05, 0.1) is 0 Å². The minimum absolute atomic E-state index is 0. The van der Waals surface area contributed by atoms with Crippen LogP contribution < -0.4 is 0 Å². The van der Waals surface area contributed by atoms with Crippen molar-refractivity contribution in [3.05, 3.63) is 13.8 Å². The fourth-order valence-electron chi connectivity index (χ4n) is 1.91. The predicted octanol–water partition coefficient (Wildman–Crippen LogP) is 7.14. The number of rotatable bonds is 12. The maximum atomic E-state index is 3.80. The van der Waals surface area contributed by atoms with E-state index >= 15 is 0 Å². The van der Waals surface area contributed by atoms with Crippen LogP contribution in [0.4, 0.5) is 0 Å². The second kappa shape index (κ2) is 27.0. The molecule has 0 aliphatic carbocycles. The fourth-order valence-corrected chi connectivity index (χ4v) is 1.91. The maximum absolute atomic E-state index is 3.80. The molecule has 118 valence electrons. The minimum atomic E-state index is 0. The topological polar surface area (TPSA) is 0 Å². The summed E-state index contributed by atoms with van der Waals surface area (Å²) in [7, 11) is 0. The van der Waals surface area contributed by atoms with Gasteiger partial charge in [-0.2, -0.15) is 12.8 Å². The van der Waals surface area contributed by atoms with Crippen molar-refractivity contribution in [1.29, 1.82) is 0 Å². The van der Waals surface area contributed by atoms with Gasteiger partial charge < -0.3 is 13.8 Å². The van der Waals surface area contributed by atoms with Gasteiger partial charge >= 0.3 is 17.1 Å². The van der Waals surface area contributed by atoms with Crippen molar-refractivity contribution < 1.29 is 17.1 Å². The molecule has 0 aromatic rings. The van der Waals surface area contributed by atoms with Crippen LogP contribution in [-0.4, -0.2) is 0 Å². The first-order chi connectivity index (χ1) is 8.83. The molecule has 0 aromatic heterocycles. The molecule has 0 rings (SSSR count). The van der Waals surface area contributed by atoms with Crippen molar-refractivity contribution in [3.8, 4) is 0 Å². The standard InChI is InChI=1S/2C9H19.Fe/c2*1-3-5-7-9-8-6-4-2;/h2*1,3-9H2,2H3;/q2*-1;+2.